The first-order valence-electron chi connectivity index (χ1n) is 10.4. The minimum absolute atomic E-state index is 0.0542. The highest BCUT2D eigenvalue weighted by Gasteiger charge is 2.46. The SMILES string of the molecule is CN(C)CCCN1C(=O)C(=O)/C(=C(/O)c2ccc3c(c2)OCO3)C1c1ccc([N+](=O)[O-])cc1. The van der Waals surface area contributed by atoms with Gasteiger partial charge < -0.3 is 24.4 Å². The first kappa shape index (κ1) is 22.3. The Hall–Kier alpha value is -3.92. The maximum absolute atomic E-state index is 13.0. The molecule has 33 heavy (non-hydrogen) atoms. The fourth-order valence-corrected chi connectivity index (χ4v) is 3.99. The molecule has 2 heterocycles. The summed E-state index contributed by atoms with van der Waals surface area (Å²) in [5.41, 5.74) is 0.612. The number of nitro benzene ring substituents is 1. The Kier molecular flexibility index (Phi) is 6.01. The van der Waals surface area contributed by atoms with Gasteiger partial charge in [-0.1, -0.05) is 0 Å². The molecule has 1 atom stereocenters. The predicted molar refractivity (Wildman–Crippen MR) is 118 cm³/mol. The molecule has 1 amide bonds. The second-order valence-corrected chi connectivity index (χ2v) is 8.07. The van der Waals surface area contributed by atoms with E-state index in [1.54, 1.807) is 18.2 Å². The zero-order valence-corrected chi connectivity index (χ0v) is 18.2. The number of nitrogens with zero attached hydrogens (tertiary/aromatic N) is 3. The summed E-state index contributed by atoms with van der Waals surface area (Å²) in [5.74, 6) is -0.934. The van der Waals surface area contributed by atoms with Crippen molar-refractivity contribution in [2.45, 2.75) is 12.5 Å². The van der Waals surface area contributed by atoms with Gasteiger partial charge in [0.05, 0.1) is 16.5 Å². The molecule has 10 nitrogen and oxygen atoms in total. The number of hydrogen-bond donors (Lipinski definition) is 1. The summed E-state index contributed by atoms with van der Waals surface area (Å²) in [6.07, 6.45) is 0.605. The van der Waals surface area contributed by atoms with Gasteiger partial charge in [-0.15, -0.1) is 0 Å². The monoisotopic (exact) mass is 453 g/mol. The van der Waals surface area contributed by atoms with Gasteiger partial charge in [0.25, 0.3) is 17.4 Å². The topological polar surface area (TPSA) is 122 Å². The summed E-state index contributed by atoms with van der Waals surface area (Å²) < 4.78 is 10.6. The molecule has 2 aliphatic rings. The molecule has 0 spiro atoms. The lowest BCUT2D eigenvalue weighted by Gasteiger charge is -2.26. The van der Waals surface area contributed by atoms with Crippen molar-refractivity contribution in [2.75, 3.05) is 34.0 Å². The van der Waals surface area contributed by atoms with Gasteiger partial charge >= 0.3 is 0 Å². The Morgan fingerprint density at radius 3 is 2.52 bits per heavy atom. The first-order valence-corrected chi connectivity index (χ1v) is 10.4. The largest absolute Gasteiger partial charge is 0.507 e. The van der Waals surface area contributed by atoms with Crippen molar-refractivity contribution in [3.05, 3.63) is 69.3 Å². The second kappa shape index (κ2) is 8.91. The summed E-state index contributed by atoms with van der Waals surface area (Å²) in [6, 6.07) is 9.50. The third-order valence-electron chi connectivity index (χ3n) is 5.61. The lowest BCUT2D eigenvalue weighted by Crippen LogP contribution is -2.32. The van der Waals surface area contributed by atoms with Gasteiger partial charge in [-0.25, -0.2) is 0 Å². The number of hydrogen-bond acceptors (Lipinski definition) is 8. The quantitative estimate of drug-likeness (QED) is 0.223. The van der Waals surface area contributed by atoms with Crippen LogP contribution in [0.2, 0.25) is 0 Å². The van der Waals surface area contributed by atoms with Crippen molar-refractivity contribution in [3.8, 4) is 11.5 Å². The van der Waals surface area contributed by atoms with E-state index in [0.29, 0.717) is 35.6 Å². The molecule has 2 aliphatic heterocycles. The molecule has 0 bridgehead atoms. The third-order valence-corrected chi connectivity index (χ3v) is 5.61. The van der Waals surface area contributed by atoms with Crippen molar-refractivity contribution in [1.82, 2.24) is 9.80 Å². The Balaban J connectivity index is 1.78. The number of aliphatic hydroxyl groups excluding tert-OH is 1. The molecule has 1 unspecified atom stereocenters. The van der Waals surface area contributed by atoms with Crippen molar-refractivity contribution in [3.63, 3.8) is 0 Å². The van der Waals surface area contributed by atoms with Crippen molar-refractivity contribution < 1.29 is 29.1 Å². The lowest BCUT2D eigenvalue weighted by atomic mass is 9.95. The number of carbonyl (C=O) groups excluding carboxylic acids is 2. The molecular formula is C23H23N3O7. The van der Waals surface area contributed by atoms with E-state index in [9.17, 15) is 24.8 Å². The van der Waals surface area contributed by atoms with Crippen LogP contribution in [0.3, 0.4) is 0 Å². The van der Waals surface area contributed by atoms with E-state index in [1.807, 2.05) is 19.0 Å². The number of aliphatic hydroxyl groups is 1. The third kappa shape index (κ3) is 4.24. The number of likely N-dealkylation sites (tertiary alicyclic amines) is 1. The molecule has 172 valence electrons. The zero-order valence-electron chi connectivity index (χ0n) is 18.2. The van der Waals surface area contributed by atoms with Crippen LogP contribution in [0.25, 0.3) is 5.76 Å². The molecule has 0 aromatic heterocycles. The Bertz CT molecular complexity index is 1140. The predicted octanol–water partition coefficient (Wildman–Crippen LogP) is 2.70. The van der Waals surface area contributed by atoms with Crippen LogP contribution in [0.5, 0.6) is 11.5 Å². The van der Waals surface area contributed by atoms with Gasteiger partial charge in [-0.05, 0) is 63.0 Å². The molecule has 2 aromatic carbocycles. The summed E-state index contributed by atoms with van der Waals surface area (Å²) >= 11 is 0. The number of nitro groups is 1. The van der Waals surface area contributed by atoms with E-state index in [-0.39, 0.29) is 30.4 Å². The number of Topliss-reactive ketones (excluding diaryl/α,β-unsaturated/α-hetero) is 1. The van der Waals surface area contributed by atoms with Gasteiger partial charge in [-0.3, -0.25) is 19.7 Å². The molecule has 1 fully saturated rings. The number of non-ortho nitro benzene ring substituents is 1. The van der Waals surface area contributed by atoms with E-state index in [0.717, 1.165) is 0 Å². The zero-order chi connectivity index (χ0) is 23.7. The number of carbonyl (C=O) groups is 2. The van der Waals surface area contributed by atoms with Crippen LogP contribution >= 0.6 is 0 Å². The van der Waals surface area contributed by atoms with E-state index < -0.39 is 22.7 Å². The fourth-order valence-electron chi connectivity index (χ4n) is 3.99. The number of ketones is 1. The highest BCUT2D eigenvalue weighted by molar-refractivity contribution is 6.46. The molecule has 4 rings (SSSR count). The molecule has 2 aromatic rings. The minimum Gasteiger partial charge on any atom is -0.507 e. The van der Waals surface area contributed by atoms with Crippen molar-refractivity contribution in [1.29, 1.82) is 0 Å². The molecular weight excluding hydrogens is 430 g/mol. The maximum Gasteiger partial charge on any atom is 0.295 e. The van der Waals surface area contributed by atoms with Crippen LogP contribution in [-0.4, -0.2) is 65.5 Å². The smallest absolute Gasteiger partial charge is 0.295 e. The molecule has 0 aliphatic carbocycles. The molecule has 0 radical (unpaired) electrons. The Morgan fingerprint density at radius 2 is 1.85 bits per heavy atom. The van der Waals surface area contributed by atoms with Crippen molar-refractivity contribution >= 4 is 23.1 Å². The number of amides is 1. The van der Waals surface area contributed by atoms with Crippen molar-refractivity contribution in [2.24, 2.45) is 0 Å². The highest BCUT2D eigenvalue weighted by atomic mass is 16.7. The average molecular weight is 453 g/mol. The van der Waals surface area contributed by atoms with Crippen LogP contribution < -0.4 is 9.47 Å². The fraction of sp³-hybridized carbons (Fsp3) is 0.304. The standard InChI is InChI=1S/C23H23N3O7/c1-24(2)10-3-11-25-20(14-4-7-16(8-5-14)26(30)31)19(22(28)23(25)29)21(27)15-6-9-17-18(12-15)33-13-32-17/h4-9,12,20,27H,3,10-11,13H2,1-2H3/b21-19+. The van der Waals surface area contributed by atoms with E-state index in [4.69, 9.17) is 9.47 Å². The molecule has 1 saturated heterocycles. The average Bonchev–Trinajstić information content (AvgIpc) is 3.36. The van der Waals surface area contributed by atoms with Crippen LogP contribution in [-0.2, 0) is 9.59 Å². The Morgan fingerprint density at radius 1 is 1.15 bits per heavy atom. The van der Waals surface area contributed by atoms with Gasteiger partial charge in [0.15, 0.2) is 11.5 Å². The molecule has 0 saturated carbocycles. The van der Waals surface area contributed by atoms with Crippen LogP contribution in [0.4, 0.5) is 5.69 Å². The summed E-state index contributed by atoms with van der Waals surface area (Å²) in [7, 11) is 3.81. The number of rotatable bonds is 7. The molecule has 10 heteroatoms. The van der Waals surface area contributed by atoms with Crippen LogP contribution in [0.1, 0.15) is 23.6 Å². The number of ether oxygens (including phenoxy) is 2. The van der Waals surface area contributed by atoms with E-state index >= 15 is 0 Å². The number of benzene rings is 2. The van der Waals surface area contributed by atoms with Gasteiger partial charge in [0.1, 0.15) is 5.76 Å². The Labute approximate surface area is 189 Å². The van der Waals surface area contributed by atoms with Gasteiger partial charge in [0, 0.05) is 24.2 Å². The normalized spacial score (nSPS) is 18.9. The van der Waals surface area contributed by atoms with Crippen LogP contribution in [0, 0.1) is 10.1 Å². The summed E-state index contributed by atoms with van der Waals surface area (Å²) in [6.45, 7) is 1.03. The summed E-state index contributed by atoms with van der Waals surface area (Å²) in [4.78, 5) is 39.9. The van der Waals surface area contributed by atoms with E-state index in [2.05, 4.69) is 0 Å². The van der Waals surface area contributed by atoms with Gasteiger partial charge in [0.2, 0.25) is 6.79 Å². The molecule has 1 N–H and O–H groups in total. The number of fused-ring (bicyclic) bond motifs is 1. The summed E-state index contributed by atoms with van der Waals surface area (Å²) in [5, 5.41) is 22.2. The van der Waals surface area contributed by atoms with Gasteiger partial charge in [-0.2, -0.15) is 0 Å². The lowest BCUT2D eigenvalue weighted by molar-refractivity contribution is -0.384. The van der Waals surface area contributed by atoms with E-state index in [1.165, 1.54) is 29.2 Å². The minimum atomic E-state index is -0.876. The highest BCUT2D eigenvalue weighted by Crippen LogP contribution is 2.41. The maximum atomic E-state index is 13.0. The first-order chi connectivity index (χ1) is 15.8. The second-order valence-electron chi connectivity index (χ2n) is 8.07. The van der Waals surface area contributed by atoms with Crippen LogP contribution in [0.15, 0.2) is 48.0 Å².